The van der Waals surface area contributed by atoms with E-state index in [1.807, 2.05) is 18.7 Å². The fourth-order valence-corrected chi connectivity index (χ4v) is 6.93. The van der Waals surface area contributed by atoms with Crippen LogP contribution in [0.4, 0.5) is 22.7 Å². The SMILES string of the molecule is CCN(CC)C(=O)[C@@H]1CCCN(S(=O)(=O)c2cc([N+](=O)[O-])ccc2N/N=C\c2cc([N+](=O)[O-])ccc2N2CCOCC2)C1. The molecule has 2 aliphatic heterocycles. The van der Waals surface area contributed by atoms with E-state index in [-0.39, 0.29) is 35.3 Å². The van der Waals surface area contributed by atoms with Gasteiger partial charge in [0.05, 0.1) is 40.9 Å². The number of nitro groups is 2. The van der Waals surface area contributed by atoms with Crippen molar-refractivity contribution in [2.24, 2.45) is 11.0 Å². The van der Waals surface area contributed by atoms with E-state index >= 15 is 0 Å². The Kier molecular flexibility index (Phi) is 10.3. The van der Waals surface area contributed by atoms with E-state index < -0.39 is 31.5 Å². The third-order valence-corrected chi connectivity index (χ3v) is 9.47. The number of hydrogen-bond acceptors (Lipinski definition) is 11. The van der Waals surface area contributed by atoms with Crippen molar-refractivity contribution in [3.8, 4) is 0 Å². The summed E-state index contributed by atoms with van der Waals surface area (Å²) < 4.78 is 34.3. The predicted octanol–water partition coefficient (Wildman–Crippen LogP) is 3.05. The van der Waals surface area contributed by atoms with E-state index in [1.165, 1.54) is 28.7 Å². The van der Waals surface area contributed by atoms with Gasteiger partial charge in [-0.2, -0.15) is 9.41 Å². The fraction of sp³-hybridized carbons (Fsp3) is 0.481. The van der Waals surface area contributed by atoms with Gasteiger partial charge in [-0.05, 0) is 38.8 Å². The average molecular weight is 618 g/mol. The predicted molar refractivity (Wildman–Crippen MR) is 160 cm³/mol. The number of hydrogen-bond donors (Lipinski definition) is 1. The molecule has 1 N–H and O–H groups in total. The number of piperidine rings is 1. The minimum atomic E-state index is -4.28. The zero-order valence-electron chi connectivity index (χ0n) is 24.0. The summed E-state index contributed by atoms with van der Waals surface area (Å²) in [7, 11) is -4.28. The first-order valence-electron chi connectivity index (χ1n) is 14.0. The molecule has 2 aromatic carbocycles. The number of hydrazone groups is 1. The molecule has 0 radical (unpaired) electrons. The van der Waals surface area contributed by atoms with Gasteiger partial charge in [0, 0.05) is 74.8 Å². The molecule has 0 saturated carbocycles. The van der Waals surface area contributed by atoms with Crippen LogP contribution in [0.3, 0.4) is 0 Å². The molecule has 1 amide bonds. The lowest BCUT2D eigenvalue weighted by Crippen LogP contribution is -2.46. The Morgan fingerprint density at radius 2 is 1.72 bits per heavy atom. The van der Waals surface area contributed by atoms with Crippen LogP contribution in [0.1, 0.15) is 32.3 Å². The molecular formula is C27H35N7O8S. The molecule has 43 heavy (non-hydrogen) atoms. The molecule has 16 heteroatoms. The largest absolute Gasteiger partial charge is 0.378 e. The number of ether oxygens (including phenoxy) is 1. The Hall–Kier alpha value is -4.15. The van der Waals surface area contributed by atoms with Gasteiger partial charge >= 0.3 is 0 Å². The number of benzene rings is 2. The molecule has 2 heterocycles. The number of nitro benzene ring substituents is 2. The maximum absolute atomic E-state index is 13.9. The van der Waals surface area contributed by atoms with E-state index in [2.05, 4.69) is 10.5 Å². The van der Waals surface area contributed by atoms with Crippen LogP contribution in [0, 0.1) is 26.1 Å². The third kappa shape index (κ3) is 7.26. The number of carbonyl (C=O) groups excluding carboxylic acids is 1. The maximum Gasteiger partial charge on any atom is 0.270 e. The first-order valence-corrected chi connectivity index (χ1v) is 15.5. The molecule has 2 aromatic rings. The lowest BCUT2D eigenvalue weighted by atomic mass is 9.98. The third-order valence-electron chi connectivity index (χ3n) is 7.56. The van der Waals surface area contributed by atoms with E-state index in [0.29, 0.717) is 63.5 Å². The van der Waals surface area contributed by atoms with Crippen molar-refractivity contribution in [2.45, 2.75) is 31.6 Å². The molecule has 0 aromatic heterocycles. The van der Waals surface area contributed by atoms with Gasteiger partial charge in [-0.25, -0.2) is 8.42 Å². The van der Waals surface area contributed by atoms with Crippen molar-refractivity contribution in [1.82, 2.24) is 9.21 Å². The normalized spacial score (nSPS) is 18.0. The number of morpholine rings is 1. The second-order valence-corrected chi connectivity index (χ2v) is 12.0. The lowest BCUT2D eigenvalue weighted by Gasteiger charge is -2.34. The van der Waals surface area contributed by atoms with E-state index in [4.69, 9.17) is 4.74 Å². The second-order valence-electron chi connectivity index (χ2n) is 10.1. The van der Waals surface area contributed by atoms with Crippen LogP contribution in [0.25, 0.3) is 0 Å². The number of rotatable bonds is 11. The number of amides is 1. The molecule has 1 atom stereocenters. The van der Waals surface area contributed by atoms with Crippen LogP contribution < -0.4 is 10.3 Å². The summed E-state index contributed by atoms with van der Waals surface area (Å²) >= 11 is 0. The average Bonchev–Trinajstić information content (AvgIpc) is 3.02. The van der Waals surface area contributed by atoms with Crippen LogP contribution in [-0.2, 0) is 19.6 Å². The molecule has 0 aliphatic carbocycles. The van der Waals surface area contributed by atoms with Gasteiger partial charge in [-0.1, -0.05) is 0 Å². The highest BCUT2D eigenvalue weighted by atomic mass is 32.2. The minimum absolute atomic E-state index is 0.0163. The molecule has 2 saturated heterocycles. The van der Waals surface area contributed by atoms with Crippen molar-refractivity contribution < 1.29 is 27.8 Å². The topological polar surface area (TPSA) is 181 Å². The van der Waals surface area contributed by atoms with Gasteiger partial charge in [-0.15, -0.1) is 0 Å². The summed E-state index contributed by atoms with van der Waals surface area (Å²) in [6, 6.07) is 7.76. The van der Waals surface area contributed by atoms with E-state index in [9.17, 15) is 33.4 Å². The highest BCUT2D eigenvalue weighted by Gasteiger charge is 2.36. The second kappa shape index (κ2) is 13.9. The van der Waals surface area contributed by atoms with Crippen molar-refractivity contribution >= 4 is 44.9 Å². The minimum Gasteiger partial charge on any atom is -0.378 e. The molecule has 0 spiro atoms. The molecule has 232 valence electrons. The van der Waals surface area contributed by atoms with Crippen LogP contribution in [0.2, 0.25) is 0 Å². The van der Waals surface area contributed by atoms with Crippen LogP contribution in [0.15, 0.2) is 46.4 Å². The Balaban J connectivity index is 1.65. The summed E-state index contributed by atoms with van der Waals surface area (Å²) in [4.78, 5) is 38.1. The first-order chi connectivity index (χ1) is 20.6. The van der Waals surface area contributed by atoms with Crippen LogP contribution >= 0.6 is 0 Å². The highest BCUT2D eigenvalue weighted by Crippen LogP contribution is 2.32. The Morgan fingerprint density at radius 3 is 2.37 bits per heavy atom. The molecule has 2 fully saturated rings. The molecule has 0 bridgehead atoms. The Morgan fingerprint density at radius 1 is 1.07 bits per heavy atom. The lowest BCUT2D eigenvalue weighted by molar-refractivity contribution is -0.385. The highest BCUT2D eigenvalue weighted by molar-refractivity contribution is 7.89. The number of carbonyl (C=O) groups is 1. The number of nitrogens with one attached hydrogen (secondary N) is 1. The zero-order valence-corrected chi connectivity index (χ0v) is 24.9. The zero-order chi connectivity index (χ0) is 31.1. The number of nitrogens with zero attached hydrogens (tertiary/aromatic N) is 6. The molecular weight excluding hydrogens is 582 g/mol. The Labute approximate surface area is 249 Å². The quantitative estimate of drug-likeness (QED) is 0.224. The summed E-state index contributed by atoms with van der Waals surface area (Å²) in [5.41, 5.74) is 3.20. The van der Waals surface area contributed by atoms with Crippen molar-refractivity contribution in [1.29, 1.82) is 0 Å². The Bertz CT molecular complexity index is 1490. The standard InChI is InChI=1S/C27H35N7O8S/c1-3-30(4-2)27(35)20-6-5-11-32(19-20)43(40,41)26-17-23(34(38)39)7-9-24(26)29-28-18-21-16-22(33(36)37)8-10-25(21)31-12-14-42-15-13-31/h7-10,16-18,20,29H,3-6,11-15,19H2,1-2H3/b28-18-/t20-/m1/s1. The van der Waals surface area contributed by atoms with E-state index in [1.54, 1.807) is 11.0 Å². The van der Waals surface area contributed by atoms with Gasteiger partial charge in [0.15, 0.2) is 0 Å². The van der Waals surface area contributed by atoms with Gasteiger partial charge in [0.25, 0.3) is 11.4 Å². The number of non-ortho nitro benzene ring substituents is 2. The smallest absolute Gasteiger partial charge is 0.270 e. The van der Waals surface area contributed by atoms with Crippen molar-refractivity contribution in [2.75, 3.05) is 62.8 Å². The van der Waals surface area contributed by atoms with Gasteiger partial charge < -0.3 is 14.5 Å². The van der Waals surface area contributed by atoms with Gasteiger partial charge in [0.2, 0.25) is 15.9 Å². The molecule has 2 aliphatic rings. The van der Waals surface area contributed by atoms with Gasteiger partial charge in [0.1, 0.15) is 4.90 Å². The van der Waals surface area contributed by atoms with Crippen molar-refractivity contribution in [3.05, 3.63) is 62.2 Å². The maximum atomic E-state index is 13.9. The number of anilines is 2. The molecule has 4 rings (SSSR count). The molecule has 0 unspecified atom stereocenters. The monoisotopic (exact) mass is 617 g/mol. The fourth-order valence-electron chi connectivity index (χ4n) is 5.25. The van der Waals surface area contributed by atoms with E-state index in [0.717, 1.165) is 12.1 Å². The van der Waals surface area contributed by atoms with Gasteiger partial charge in [-0.3, -0.25) is 30.4 Å². The summed E-state index contributed by atoms with van der Waals surface area (Å²) in [5.74, 6) is -0.649. The number of sulfonamides is 1. The summed E-state index contributed by atoms with van der Waals surface area (Å²) in [5, 5.41) is 27.2. The van der Waals surface area contributed by atoms with Crippen molar-refractivity contribution in [3.63, 3.8) is 0 Å². The summed E-state index contributed by atoms with van der Waals surface area (Å²) in [6.45, 7) is 6.98. The van der Waals surface area contributed by atoms with Crippen LogP contribution in [0.5, 0.6) is 0 Å². The summed E-state index contributed by atoms with van der Waals surface area (Å²) in [6.07, 6.45) is 2.35. The van der Waals surface area contributed by atoms with Crippen LogP contribution in [-0.4, -0.2) is 92.1 Å². The molecule has 15 nitrogen and oxygen atoms in total. The first kappa shape index (κ1) is 31.8.